The topological polar surface area (TPSA) is 35.9 Å². The molecule has 4 nitrogen and oxygen atoms in total. The van der Waals surface area contributed by atoms with Crippen molar-refractivity contribution in [2.75, 3.05) is 32.1 Å². The lowest BCUT2D eigenvalue weighted by Crippen LogP contribution is -2.26. The van der Waals surface area contributed by atoms with Crippen LogP contribution >= 0.6 is 0 Å². The van der Waals surface area contributed by atoms with Gasteiger partial charge in [0.2, 0.25) is 0 Å². The zero-order valence-corrected chi connectivity index (χ0v) is 17.0. The molecule has 0 fully saturated rings. The molecule has 0 aliphatic carbocycles. The Hall–Kier alpha value is -2.69. The second-order valence-corrected chi connectivity index (χ2v) is 6.98. The molecule has 2 rings (SSSR count). The SMILES string of the molecule is CCN(C)C=Nc1cc(C)c(C(=O)CN(C)c2cc(F)ccc2C)cc1C. The van der Waals surface area contributed by atoms with Gasteiger partial charge in [0.25, 0.3) is 0 Å². The van der Waals surface area contributed by atoms with Gasteiger partial charge in [-0.2, -0.15) is 0 Å². The third-order valence-electron chi connectivity index (χ3n) is 4.70. The summed E-state index contributed by atoms with van der Waals surface area (Å²) in [6.07, 6.45) is 1.80. The van der Waals surface area contributed by atoms with Crippen molar-refractivity contribution >= 4 is 23.5 Å². The molecular weight excluding hydrogens is 341 g/mol. The molecule has 144 valence electrons. The molecule has 2 aromatic carbocycles. The fraction of sp³-hybridized carbons (Fsp3) is 0.364. The first-order valence-corrected chi connectivity index (χ1v) is 9.09. The number of Topliss-reactive ketones (excluding diaryl/α,β-unsaturated/α-hetero) is 1. The summed E-state index contributed by atoms with van der Waals surface area (Å²) in [6.45, 7) is 8.90. The van der Waals surface area contributed by atoms with Crippen LogP contribution in [0.4, 0.5) is 15.8 Å². The highest BCUT2D eigenvalue weighted by molar-refractivity contribution is 6.01. The van der Waals surface area contributed by atoms with Gasteiger partial charge in [0, 0.05) is 31.9 Å². The first kappa shape index (κ1) is 20.6. The summed E-state index contributed by atoms with van der Waals surface area (Å²) >= 11 is 0. The smallest absolute Gasteiger partial charge is 0.182 e. The minimum atomic E-state index is -0.304. The Labute approximate surface area is 161 Å². The standard InChI is InChI=1S/C22H28FN3O/c1-7-25(5)14-24-20-11-16(3)19(10-17(20)4)22(27)13-26(6)21-12-18(23)9-8-15(21)2/h8-12,14H,7,13H2,1-6H3. The molecule has 0 N–H and O–H groups in total. The van der Waals surface area contributed by atoms with Crippen LogP contribution < -0.4 is 4.90 Å². The zero-order valence-electron chi connectivity index (χ0n) is 17.0. The highest BCUT2D eigenvalue weighted by atomic mass is 19.1. The normalized spacial score (nSPS) is 11.1. The highest BCUT2D eigenvalue weighted by Crippen LogP contribution is 2.25. The van der Waals surface area contributed by atoms with E-state index in [1.54, 1.807) is 24.4 Å². The lowest BCUT2D eigenvalue weighted by Gasteiger charge is -2.21. The van der Waals surface area contributed by atoms with Crippen LogP contribution in [0.3, 0.4) is 0 Å². The lowest BCUT2D eigenvalue weighted by molar-refractivity contribution is 0.0999. The molecular formula is C22H28FN3O. The number of anilines is 1. The molecule has 0 aromatic heterocycles. The summed E-state index contributed by atoms with van der Waals surface area (Å²) in [7, 11) is 3.77. The van der Waals surface area contributed by atoms with Crippen LogP contribution in [0.25, 0.3) is 0 Å². The van der Waals surface area contributed by atoms with Crippen LogP contribution in [0.2, 0.25) is 0 Å². The number of carbonyl (C=O) groups excluding carboxylic acids is 1. The molecule has 0 atom stereocenters. The minimum Gasteiger partial charge on any atom is -0.367 e. The third-order valence-corrected chi connectivity index (χ3v) is 4.70. The van der Waals surface area contributed by atoms with Crippen molar-refractivity contribution in [3.05, 3.63) is 58.4 Å². The second kappa shape index (κ2) is 8.80. The van der Waals surface area contributed by atoms with Gasteiger partial charge in [-0.3, -0.25) is 4.79 Å². The number of likely N-dealkylation sites (N-methyl/N-ethyl adjacent to an activating group) is 1. The van der Waals surface area contributed by atoms with E-state index in [9.17, 15) is 9.18 Å². The first-order valence-electron chi connectivity index (χ1n) is 9.09. The van der Waals surface area contributed by atoms with Crippen LogP contribution in [0, 0.1) is 26.6 Å². The zero-order chi connectivity index (χ0) is 20.1. The van der Waals surface area contributed by atoms with E-state index in [0.717, 1.165) is 34.6 Å². The van der Waals surface area contributed by atoms with Crippen molar-refractivity contribution < 1.29 is 9.18 Å². The predicted molar refractivity (Wildman–Crippen MR) is 111 cm³/mol. The van der Waals surface area contributed by atoms with E-state index in [-0.39, 0.29) is 18.1 Å². The summed E-state index contributed by atoms with van der Waals surface area (Å²) in [5.41, 5.74) is 5.04. The number of benzene rings is 2. The Morgan fingerprint density at radius 1 is 1.07 bits per heavy atom. The van der Waals surface area contributed by atoms with Gasteiger partial charge in [-0.1, -0.05) is 6.07 Å². The van der Waals surface area contributed by atoms with Gasteiger partial charge in [0.15, 0.2) is 5.78 Å². The molecule has 0 saturated heterocycles. The van der Waals surface area contributed by atoms with Crippen molar-refractivity contribution in [1.29, 1.82) is 0 Å². The molecule has 0 saturated carbocycles. The fourth-order valence-corrected chi connectivity index (χ4v) is 2.86. The van der Waals surface area contributed by atoms with Crippen molar-refractivity contribution in [3.63, 3.8) is 0 Å². The van der Waals surface area contributed by atoms with Crippen LogP contribution in [-0.4, -0.2) is 44.2 Å². The molecule has 0 bridgehead atoms. The summed E-state index contributed by atoms with van der Waals surface area (Å²) in [4.78, 5) is 21.1. The lowest BCUT2D eigenvalue weighted by atomic mass is 10.00. The number of halogens is 1. The molecule has 0 heterocycles. The van der Waals surface area contributed by atoms with E-state index in [2.05, 4.69) is 11.9 Å². The van der Waals surface area contributed by atoms with Gasteiger partial charge >= 0.3 is 0 Å². The van der Waals surface area contributed by atoms with Gasteiger partial charge < -0.3 is 9.80 Å². The number of hydrogen-bond acceptors (Lipinski definition) is 3. The molecule has 5 heteroatoms. The van der Waals surface area contributed by atoms with Gasteiger partial charge in [-0.25, -0.2) is 9.38 Å². The molecule has 0 radical (unpaired) electrons. The molecule has 0 aliphatic heterocycles. The monoisotopic (exact) mass is 369 g/mol. The van der Waals surface area contributed by atoms with Gasteiger partial charge in [-0.05, 0) is 68.7 Å². The molecule has 0 amide bonds. The Morgan fingerprint density at radius 2 is 1.78 bits per heavy atom. The van der Waals surface area contributed by atoms with E-state index in [1.807, 2.05) is 44.9 Å². The predicted octanol–water partition coefficient (Wildman–Crippen LogP) is 4.68. The molecule has 0 aliphatic rings. The van der Waals surface area contributed by atoms with E-state index in [1.165, 1.54) is 12.1 Å². The molecule has 0 spiro atoms. The van der Waals surface area contributed by atoms with Crippen LogP contribution in [0.1, 0.15) is 34.0 Å². The number of ketones is 1. The average Bonchev–Trinajstić information content (AvgIpc) is 2.63. The van der Waals surface area contributed by atoms with Crippen molar-refractivity contribution in [2.45, 2.75) is 27.7 Å². The Bertz CT molecular complexity index is 861. The van der Waals surface area contributed by atoms with Gasteiger partial charge in [-0.15, -0.1) is 0 Å². The Balaban J connectivity index is 2.22. The number of aliphatic imine (C=N–C) groups is 1. The number of rotatable bonds is 7. The number of carbonyl (C=O) groups is 1. The maximum absolute atomic E-state index is 13.6. The van der Waals surface area contributed by atoms with E-state index in [0.29, 0.717) is 5.56 Å². The van der Waals surface area contributed by atoms with E-state index < -0.39 is 0 Å². The average molecular weight is 369 g/mol. The number of aryl methyl sites for hydroxylation is 3. The van der Waals surface area contributed by atoms with Gasteiger partial charge in [0.05, 0.1) is 18.6 Å². The summed E-state index contributed by atoms with van der Waals surface area (Å²) in [6, 6.07) is 8.44. The second-order valence-electron chi connectivity index (χ2n) is 6.98. The van der Waals surface area contributed by atoms with Crippen molar-refractivity contribution in [3.8, 4) is 0 Å². The van der Waals surface area contributed by atoms with Crippen molar-refractivity contribution in [2.24, 2.45) is 4.99 Å². The maximum atomic E-state index is 13.6. The molecule has 27 heavy (non-hydrogen) atoms. The van der Waals surface area contributed by atoms with Crippen LogP contribution in [0.5, 0.6) is 0 Å². The third kappa shape index (κ3) is 5.16. The summed E-state index contributed by atoms with van der Waals surface area (Å²) < 4.78 is 13.6. The number of nitrogens with zero attached hydrogens (tertiary/aromatic N) is 3. The first-order chi connectivity index (χ1) is 12.7. The maximum Gasteiger partial charge on any atom is 0.182 e. The van der Waals surface area contributed by atoms with Crippen LogP contribution in [0.15, 0.2) is 35.3 Å². The quantitative estimate of drug-likeness (QED) is 0.404. The largest absolute Gasteiger partial charge is 0.367 e. The van der Waals surface area contributed by atoms with E-state index >= 15 is 0 Å². The molecule has 2 aromatic rings. The summed E-state index contributed by atoms with van der Waals surface area (Å²) in [5, 5.41) is 0. The molecule has 0 unspecified atom stereocenters. The highest BCUT2D eigenvalue weighted by Gasteiger charge is 2.15. The summed E-state index contributed by atoms with van der Waals surface area (Å²) in [5.74, 6) is -0.302. The van der Waals surface area contributed by atoms with Gasteiger partial charge in [0.1, 0.15) is 5.82 Å². The Morgan fingerprint density at radius 3 is 2.44 bits per heavy atom. The van der Waals surface area contributed by atoms with Crippen molar-refractivity contribution in [1.82, 2.24) is 4.90 Å². The minimum absolute atomic E-state index is 0.00275. The fourth-order valence-electron chi connectivity index (χ4n) is 2.86. The van der Waals surface area contributed by atoms with Crippen LogP contribution in [-0.2, 0) is 0 Å². The Kier molecular flexibility index (Phi) is 6.72. The number of hydrogen-bond donors (Lipinski definition) is 0. The van der Waals surface area contributed by atoms with E-state index in [4.69, 9.17) is 0 Å².